The van der Waals surface area contributed by atoms with Crippen LogP contribution in [0, 0.1) is 11.3 Å². The van der Waals surface area contributed by atoms with E-state index in [0.717, 1.165) is 0 Å². The van der Waals surface area contributed by atoms with Gasteiger partial charge in [0.2, 0.25) is 0 Å². The minimum atomic E-state index is -4.54. The van der Waals surface area contributed by atoms with Crippen molar-refractivity contribution in [2.45, 2.75) is 16.3 Å². The molecule has 0 spiro atoms. The summed E-state index contributed by atoms with van der Waals surface area (Å²) < 4.78 is 36.8. The van der Waals surface area contributed by atoms with E-state index in [0.29, 0.717) is 11.8 Å². The van der Waals surface area contributed by atoms with Gasteiger partial charge in [-0.15, -0.1) is 0 Å². The van der Waals surface area contributed by atoms with Crippen LogP contribution in [0.1, 0.15) is 0 Å². The van der Waals surface area contributed by atoms with Crippen LogP contribution < -0.4 is 0 Å². The van der Waals surface area contributed by atoms with Crippen LogP contribution in [0.3, 0.4) is 0 Å². The molecule has 1 aromatic rings. The standard InChI is InChI=1S/C9H5ClF3NS/c10-6-3-1-2-4-7(6)15-8(5-14)9(11,12)13/h1-4,8H. The minimum absolute atomic E-state index is 0.215. The molecule has 0 saturated heterocycles. The number of hydrogen-bond acceptors (Lipinski definition) is 2. The molecule has 1 aromatic carbocycles. The number of rotatable bonds is 2. The van der Waals surface area contributed by atoms with Gasteiger partial charge in [-0.25, -0.2) is 0 Å². The summed E-state index contributed by atoms with van der Waals surface area (Å²) in [6, 6.07) is 7.31. The Hall–Kier alpha value is -0.860. The molecule has 0 radical (unpaired) electrons. The molecular weight excluding hydrogens is 247 g/mol. The first-order valence-corrected chi connectivity index (χ1v) is 5.08. The van der Waals surface area contributed by atoms with Gasteiger partial charge in [0.05, 0.1) is 11.1 Å². The van der Waals surface area contributed by atoms with E-state index < -0.39 is 11.4 Å². The van der Waals surface area contributed by atoms with Crippen LogP contribution in [-0.2, 0) is 0 Å². The van der Waals surface area contributed by atoms with Gasteiger partial charge in [0.1, 0.15) is 0 Å². The van der Waals surface area contributed by atoms with Gasteiger partial charge in [0.25, 0.3) is 0 Å². The number of halogens is 4. The Kier molecular flexibility index (Phi) is 3.89. The van der Waals surface area contributed by atoms with Crippen molar-refractivity contribution in [2.24, 2.45) is 0 Å². The monoisotopic (exact) mass is 251 g/mol. The second-order valence-corrected chi connectivity index (χ2v) is 4.15. The lowest BCUT2D eigenvalue weighted by atomic mass is 10.4. The van der Waals surface area contributed by atoms with E-state index >= 15 is 0 Å². The highest BCUT2D eigenvalue weighted by Crippen LogP contribution is 2.37. The highest BCUT2D eigenvalue weighted by Gasteiger charge is 2.41. The lowest BCUT2D eigenvalue weighted by Crippen LogP contribution is -2.23. The lowest BCUT2D eigenvalue weighted by molar-refractivity contribution is -0.118. The van der Waals surface area contributed by atoms with Gasteiger partial charge in [-0.2, -0.15) is 18.4 Å². The Balaban J connectivity index is 2.87. The van der Waals surface area contributed by atoms with Crippen molar-refractivity contribution in [3.8, 4) is 6.07 Å². The second-order valence-electron chi connectivity index (χ2n) is 2.60. The normalized spacial score (nSPS) is 13.3. The van der Waals surface area contributed by atoms with E-state index in [9.17, 15) is 13.2 Å². The third-order valence-corrected chi connectivity index (χ3v) is 3.16. The lowest BCUT2D eigenvalue weighted by Gasteiger charge is -2.13. The molecule has 0 aromatic heterocycles. The number of nitrogens with zero attached hydrogens (tertiary/aromatic N) is 1. The fraction of sp³-hybridized carbons (Fsp3) is 0.222. The van der Waals surface area contributed by atoms with Crippen LogP contribution in [0.15, 0.2) is 29.2 Å². The molecule has 1 nitrogen and oxygen atoms in total. The third kappa shape index (κ3) is 3.33. The number of nitriles is 1. The molecule has 80 valence electrons. The largest absolute Gasteiger partial charge is 0.413 e. The summed E-state index contributed by atoms with van der Waals surface area (Å²) in [6.45, 7) is 0. The number of hydrogen-bond donors (Lipinski definition) is 0. The number of alkyl halides is 3. The highest BCUT2D eigenvalue weighted by molar-refractivity contribution is 8.00. The number of thioether (sulfide) groups is 1. The van der Waals surface area contributed by atoms with E-state index in [-0.39, 0.29) is 9.92 Å². The molecule has 1 atom stereocenters. The molecule has 0 N–H and O–H groups in total. The highest BCUT2D eigenvalue weighted by atomic mass is 35.5. The smallest absolute Gasteiger partial charge is 0.197 e. The minimum Gasteiger partial charge on any atom is -0.197 e. The summed E-state index contributed by atoms with van der Waals surface area (Å²) in [5.74, 6) is 0. The van der Waals surface area contributed by atoms with Gasteiger partial charge in [-0.05, 0) is 12.1 Å². The van der Waals surface area contributed by atoms with E-state index in [4.69, 9.17) is 16.9 Å². The van der Waals surface area contributed by atoms with E-state index in [2.05, 4.69) is 0 Å². The fourth-order valence-corrected chi connectivity index (χ4v) is 1.88. The molecule has 1 unspecified atom stereocenters. The SMILES string of the molecule is N#CC(Sc1ccccc1Cl)C(F)(F)F. The molecule has 0 heterocycles. The van der Waals surface area contributed by atoms with Gasteiger partial charge in [0.15, 0.2) is 5.25 Å². The first kappa shape index (κ1) is 12.2. The summed E-state index contributed by atoms with van der Waals surface area (Å²) in [5.41, 5.74) is 0. The molecular formula is C9H5ClF3NS. The van der Waals surface area contributed by atoms with Crippen LogP contribution >= 0.6 is 23.4 Å². The molecule has 15 heavy (non-hydrogen) atoms. The Morgan fingerprint density at radius 3 is 2.40 bits per heavy atom. The first-order valence-electron chi connectivity index (χ1n) is 3.82. The van der Waals surface area contributed by atoms with Gasteiger partial charge in [-0.1, -0.05) is 35.5 Å². The van der Waals surface area contributed by atoms with Gasteiger partial charge in [0, 0.05) is 4.90 Å². The quantitative estimate of drug-likeness (QED) is 0.745. The molecule has 6 heteroatoms. The Morgan fingerprint density at radius 2 is 1.93 bits per heavy atom. The second kappa shape index (κ2) is 4.77. The van der Waals surface area contributed by atoms with E-state index in [1.165, 1.54) is 18.2 Å². The van der Waals surface area contributed by atoms with Crippen molar-refractivity contribution in [3.63, 3.8) is 0 Å². The van der Waals surface area contributed by atoms with Crippen molar-refractivity contribution in [1.29, 1.82) is 5.26 Å². The molecule has 0 aliphatic rings. The maximum absolute atomic E-state index is 12.3. The molecule has 0 aliphatic carbocycles. The van der Waals surface area contributed by atoms with Crippen molar-refractivity contribution in [2.75, 3.05) is 0 Å². The molecule has 0 bridgehead atoms. The average Bonchev–Trinajstić information content (AvgIpc) is 2.14. The zero-order valence-electron chi connectivity index (χ0n) is 7.25. The maximum atomic E-state index is 12.3. The molecule has 0 saturated carbocycles. The van der Waals surface area contributed by atoms with E-state index in [1.807, 2.05) is 0 Å². The summed E-state index contributed by atoms with van der Waals surface area (Å²) >= 11 is 6.08. The zero-order chi connectivity index (χ0) is 11.5. The zero-order valence-corrected chi connectivity index (χ0v) is 8.83. The van der Waals surface area contributed by atoms with Crippen molar-refractivity contribution in [1.82, 2.24) is 0 Å². The third-order valence-electron chi connectivity index (χ3n) is 1.50. The van der Waals surface area contributed by atoms with E-state index in [1.54, 1.807) is 12.1 Å². The first-order chi connectivity index (χ1) is 6.95. The van der Waals surface area contributed by atoms with Gasteiger partial charge >= 0.3 is 6.18 Å². The molecule has 0 aliphatic heterocycles. The Morgan fingerprint density at radius 1 is 1.33 bits per heavy atom. The topological polar surface area (TPSA) is 23.8 Å². The fourth-order valence-electron chi connectivity index (χ4n) is 0.834. The summed E-state index contributed by atoms with van der Waals surface area (Å²) in [5, 5.41) is 6.51. The van der Waals surface area contributed by atoms with Crippen LogP contribution in [0.5, 0.6) is 0 Å². The predicted molar refractivity (Wildman–Crippen MR) is 52.8 cm³/mol. The summed E-state index contributed by atoms with van der Waals surface area (Å²) in [7, 11) is 0. The average molecular weight is 252 g/mol. The van der Waals surface area contributed by atoms with Crippen LogP contribution in [0.4, 0.5) is 13.2 Å². The summed E-state index contributed by atoms with van der Waals surface area (Å²) in [6.07, 6.45) is -4.54. The predicted octanol–water partition coefficient (Wildman–Crippen LogP) is 3.89. The van der Waals surface area contributed by atoms with Crippen molar-refractivity contribution in [3.05, 3.63) is 29.3 Å². The van der Waals surface area contributed by atoms with Crippen molar-refractivity contribution >= 4 is 23.4 Å². The maximum Gasteiger partial charge on any atom is 0.413 e. The number of benzene rings is 1. The van der Waals surface area contributed by atoms with Crippen LogP contribution in [0.25, 0.3) is 0 Å². The van der Waals surface area contributed by atoms with Crippen LogP contribution in [-0.4, -0.2) is 11.4 Å². The molecule has 0 fully saturated rings. The van der Waals surface area contributed by atoms with Crippen molar-refractivity contribution < 1.29 is 13.2 Å². The molecule has 0 amide bonds. The molecule has 1 rings (SSSR count). The van der Waals surface area contributed by atoms with Gasteiger partial charge < -0.3 is 0 Å². The van der Waals surface area contributed by atoms with Gasteiger partial charge in [-0.3, -0.25) is 0 Å². The Labute approximate surface area is 93.8 Å². The summed E-state index contributed by atoms with van der Waals surface area (Å²) in [4.78, 5) is 0.253. The van der Waals surface area contributed by atoms with Crippen LogP contribution in [0.2, 0.25) is 5.02 Å². The Bertz CT molecular complexity index is 386.